The maximum Gasteiger partial charge on any atom is 0.303 e. The highest BCUT2D eigenvalue weighted by molar-refractivity contribution is 5.67. The monoisotopic (exact) mass is 289 g/mol. The van der Waals surface area contributed by atoms with Gasteiger partial charge in [0.25, 0.3) is 0 Å². The first-order valence-electron chi connectivity index (χ1n) is 8.03. The number of piperidine rings is 1. The minimum Gasteiger partial charge on any atom is -0.481 e. The van der Waals surface area contributed by atoms with Crippen LogP contribution in [0.5, 0.6) is 0 Å². The van der Waals surface area contributed by atoms with E-state index < -0.39 is 5.97 Å². The molecule has 1 heterocycles. The van der Waals surface area contributed by atoms with Crippen molar-refractivity contribution >= 4 is 5.97 Å². The second kappa shape index (κ2) is 7.08. The lowest BCUT2D eigenvalue weighted by atomic mass is 9.92. The molecule has 116 valence electrons. The zero-order valence-corrected chi connectivity index (χ0v) is 13.4. The molecule has 3 nitrogen and oxygen atoms in total. The number of rotatable bonds is 5. The number of hydrogen-bond acceptors (Lipinski definition) is 2. The van der Waals surface area contributed by atoms with E-state index in [0.717, 1.165) is 25.9 Å². The smallest absolute Gasteiger partial charge is 0.303 e. The van der Waals surface area contributed by atoms with Crippen LogP contribution in [0.2, 0.25) is 0 Å². The van der Waals surface area contributed by atoms with Crippen LogP contribution in [-0.4, -0.2) is 29.1 Å². The van der Waals surface area contributed by atoms with E-state index in [2.05, 4.69) is 49.9 Å². The van der Waals surface area contributed by atoms with Crippen LogP contribution in [0, 0.1) is 5.92 Å². The number of hydrogen-bond donors (Lipinski definition) is 1. The second-order valence-corrected chi connectivity index (χ2v) is 6.60. The summed E-state index contributed by atoms with van der Waals surface area (Å²) in [6, 6.07) is 9.24. The van der Waals surface area contributed by atoms with Gasteiger partial charge in [-0.15, -0.1) is 0 Å². The van der Waals surface area contributed by atoms with Crippen LogP contribution < -0.4 is 0 Å². The van der Waals surface area contributed by atoms with Gasteiger partial charge in [0.1, 0.15) is 0 Å². The van der Waals surface area contributed by atoms with E-state index in [-0.39, 0.29) is 0 Å². The van der Waals surface area contributed by atoms with Gasteiger partial charge in [-0.2, -0.15) is 0 Å². The van der Waals surface area contributed by atoms with Crippen molar-refractivity contribution in [2.75, 3.05) is 13.1 Å². The van der Waals surface area contributed by atoms with Crippen molar-refractivity contribution in [3.05, 3.63) is 35.4 Å². The molecule has 21 heavy (non-hydrogen) atoms. The molecule has 0 amide bonds. The molecule has 1 fully saturated rings. The Hall–Kier alpha value is -1.35. The summed E-state index contributed by atoms with van der Waals surface area (Å²) in [4.78, 5) is 13.3. The molecule has 2 rings (SSSR count). The molecule has 1 aromatic rings. The third-order valence-corrected chi connectivity index (χ3v) is 4.65. The largest absolute Gasteiger partial charge is 0.481 e. The normalized spacial score (nSPS) is 21.4. The Labute approximate surface area is 128 Å². The van der Waals surface area contributed by atoms with Crippen molar-refractivity contribution in [3.8, 4) is 0 Å². The summed E-state index contributed by atoms with van der Waals surface area (Å²) in [6.45, 7) is 8.62. The number of nitrogens with zero attached hydrogens (tertiary/aromatic N) is 1. The summed E-state index contributed by atoms with van der Waals surface area (Å²) < 4.78 is 0. The molecular formula is C18H27NO2. The van der Waals surface area contributed by atoms with Gasteiger partial charge in [0.15, 0.2) is 0 Å². The van der Waals surface area contributed by atoms with Crippen LogP contribution >= 0.6 is 0 Å². The average molecular weight is 289 g/mol. The summed E-state index contributed by atoms with van der Waals surface area (Å²) in [7, 11) is 0. The SMILES string of the molecule is CC(C)c1ccc(C(C)N2CCCC(CC(=O)O)C2)cc1. The van der Waals surface area contributed by atoms with Crippen LogP contribution in [0.25, 0.3) is 0 Å². The van der Waals surface area contributed by atoms with E-state index >= 15 is 0 Å². The Kier molecular flexibility index (Phi) is 5.40. The molecule has 1 N–H and O–H groups in total. The quantitative estimate of drug-likeness (QED) is 0.888. The van der Waals surface area contributed by atoms with E-state index in [1.54, 1.807) is 0 Å². The summed E-state index contributed by atoms with van der Waals surface area (Å²) in [5.74, 6) is 0.189. The summed E-state index contributed by atoms with van der Waals surface area (Å²) in [5, 5.41) is 8.97. The molecule has 0 aromatic heterocycles. The van der Waals surface area contributed by atoms with Crippen molar-refractivity contribution in [2.45, 2.75) is 52.0 Å². The van der Waals surface area contributed by atoms with Gasteiger partial charge in [-0.25, -0.2) is 0 Å². The zero-order valence-electron chi connectivity index (χ0n) is 13.4. The molecule has 0 bridgehead atoms. The molecule has 3 heteroatoms. The molecule has 0 radical (unpaired) electrons. The standard InChI is InChI=1S/C18H27NO2/c1-13(2)16-6-8-17(9-7-16)14(3)19-10-4-5-15(12-19)11-18(20)21/h6-9,13-15H,4-5,10-12H2,1-3H3,(H,20,21). The second-order valence-electron chi connectivity index (χ2n) is 6.60. The van der Waals surface area contributed by atoms with E-state index in [1.165, 1.54) is 11.1 Å². The molecular weight excluding hydrogens is 262 g/mol. The summed E-state index contributed by atoms with van der Waals surface area (Å²) in [6.07, 6.45) is 2.45. The van der Waals surface area contributed by atoms with Crippen LogP contribution in [0.15, 0.2) is 24.3 Å². The topological polar surface area (TPSA) is 40.5 Å². The Bertz CT molecular complexity index is 467. The molecule has 1 aromatic carbocycles. The molecule has 2 unspecified atom stereocenters. The lowest BCUT2D eigenvalue weighted by Gasteiger charge is -2.36. The van der Waals surface area contributed by atoms with Crippen LogP contribution in [0.4, 0.5) is 0 Å². The fourth-order valence-corrected chi connectivity index (χ4v) is 3.23. The average Bonchev–Trinajstić information content (AvgIpc) is 2.46. The van der Waals surface area contributed by atoms with Gasteiger partial charge in [0, 0.05) is 19.0 Å². The summed E-state index contributed by atoms with van der Waals surface area (Å²) in [5.41, 5.74) is 2.70. The van der Waals surface area contributed by atoms with E-state index in [1.807, 2.05) is 0 Å². The highest BCUT2D eigenvalue weighted by Gasteiger charge is 2.25. The fraction of sp³-hybridized carbons (Fsp3) is 0.611. The molecule has 2 atom stereocenters. The van der Waals surface area contributed by atoms with Crippen molar-refractivity contribution < 1.29 is 9.90 Å². The maximum absolute atomic E-state index is 10.9. The molecule has 0 spiro atoms. The zero-order chi connectivity index (χ0) is 15.4. The third-order valence-electron chi connectivity index (χ3n) is 4.65. The lowest BCUT2D eigenvalue weighted by molar-refractivity contribution is -0.138. The number of carboxylic acid groups (broad SMARTS) is 1. The van der Waals surface area contributed by atoms with Gasteiger partial charge < -0.3 is 5.11 Å². The van der Waals surface area contributed by atoms with Crippen molar-refractivity contribution in [2.24, 2.45) is 5.92 Å². The minimum absolute atomic E-state index is 0.300. The highest BCUT2D eigenvalue weighted by atomic mass is 16.4. The van der Waals surface area contributed by atoms with Gasteiger partial charge in [-0.05, 0) is 49.3 Å². The number of carbonyl (C=O) groups is 1. The minimum atomic E-state index is -0.671. The van der Waals surface area contributed by atoms with E-state index in [0.29, 0.717) is 24.3 Å². The van der Waals surface area contributed by atoms with E-state index in [9.17, 15) is 4.79 Å². The number of carboxylic acids is 1. The fourth-order valence-electron chi connectivity index (χ4n) is 3.23. The maximum atomic E-state index is 10.9. The first kappa shape index (κ1) is 16.0. The predicted molar refractivity (Wildman–Crippen MR) is 85.5 cm³/mol. The highest BCUT2D eigenvalue weighted by Crippen LogP contribution is 2.28. The molecule has 0 saturated carbocycles. The Morgan fingerprint density at radius 3 is 2.43 bits per heavy atom. The molecule has 1 aliphatic rings. The van der Waals surface area contributed by atoms with Gasteiger partial charge >= 0.3 is 5.97 Å². The van der Waals surface area contributed by atoms with E-state index in [4.69, 9.17) is 5.11 Å². The first-order valence-corrected chi connectivity index (χ1v) is 8.03. The Balaban J connectivity index is 2.01. The Morgan fingerprint density at radius 1 is 1.24 bits per heavy atom. The van der Waals surface area contributed by atoms with Gasteiger partial charge in [-0.3, -0.25) is 9.69 Å². The van der Waals surface area contributed by atoms with Crippen LogP contribution in [0.1, 0.15) is 63.1 Å². The third kappa shape index (κ3) is 4.31. The summed E-state index contributed by atoms with van der Waals surface area (Å²) >= 11 is 0. The van der Waals surface area contributed by atoms with Crippen molar-refractivity contribution in [1.29, 1.82) is 0 Å². The molecule has 1 saturated heterocycles. The first-order chi connectivity index (χ1) is 9.97. The molecule has 0 aliphatic carbocycles. The Morgan fingerprint density at radius 2 is 1.86 bits per heavy atom. The van der Waals surface area contributed by atoms with Gasteiger partial charge in [-0.1, -0.05) is 38.1 Å². The lowest BCUT2D eigenvalue weighted by Crippen LogP contribution is -2.37. The van der Waals surface area contributed by atoms with Crippen LogP contribution in [-0.2, 0) is 4.79 Å². The van der Waals surface area contributed by atoms with Gasteiger partial charge in [0.2, 0.25) is 0 Å². The number of benzene rings is 1. The van der Waals surface area contributed by atoms with Crippen molar-refractivity contribution in [1.82, 2.24) is 4.90 Å². The number of likely N-dealkylation sites (tertiary alicyclic amines) is 1. The van der Waals surface area contributed by atoms with Crippen LogP contribution in [0.3, 0.4) is 0 Å². The predicted octanol–water partition coefficient (Wildman–Crippen LogP) is 4.06. The molecule has 1 aliphatic heterocycles. The number of aliphatic carboxylic acids is 1. The van der Waals surface area contributed by atoms with Crippen molar-refractivity contribution in [3.63, 3.8) is 0 Å². The van der Waals surface area contributed by atoms with Gasteiger partial charge in [0.05, 0.1) is 0 Å².